The number of nitrogens with zero attached hydrogens (tertiary/aromatic N) is 1. The van der Waals surface area contributed by atoms with Gasteiger partial charge in [0, 0.05) is 30.7 Å². The Labute approximate surface area is 103 Å². The molecule has 1 aliphatic rings. The Balaban J connectivity index is 1.99. The topological polar surface area (TPSA) is 15.3 Å². The zero-order valence-corrected chi connectivity index (χ0v) is 10.7. The highest BCUT2D eigenvalue weighted by Crippen LogP contribution is 2.19. The SMILES string of the molecule is CNC1CCN(Cc2ccc(Cl)cc2C)C1. The first kappa shape index (κ1) is 11.9. The fraction of sp³-hybridized carbons (Fsp3) is 0.538. The maximum Gasteiger partial charge on any atom is 0.0408 e. The molecule has 0 aliphatic carbocycles. The minimum atomic E-state index is 0.660. The van der Waals surface area contributed by atoms with Crippen LogP contribution >= 0.6 is 11.6 Å². The van der Waals surface area contributed by atoms with Gasteiger partial charge in [0.2, 0.25) is 0 Å². The van der Waals surface area contributed by atoms with E-state index in [-0.39, 0.29) is 0 Å². The molecule has 1 atom stereocenters. The number of likely N-dealkylation sites (tertiary alicyclic amines) is 1. The van der Waals surface area contributed by atoms with E-state index in [1.807, 2.05) is 19.2 Å². The zero-order valence-electron chi connectivity index (χ0n) is 9.96. The molecule has 1 heterocycles. The summed E-state index contributed by atoms with van der Waals surface area (Å²) in [5, 5.41) is 4.17. The fourth-order valence-electron chi connectivity index (χ4n) is 2.29. The van der Waals surface area contributed by atoms with Gasteiger partial charge in [-0.15, -0.1) is 0 Å². The van der Waals surface area contributed by atoms with Crippen molar-refractivity contribution < 1.29 is 0 Å². The number of likely N-dealkylation sites (N-methyl/N-ethyl adjacent to an activating group) is 1. The van der Waals surface area contributed by atoms with Crippen LogP contribution in [-0.2, 0) is 6.54 Å². The van der Waals surface area contributed by atoms with Gasteiger partial charge in [0.15, 0.2) is 0 Å². The summed E-state index contributed by atoms with van der Waals surface area (Å²) in [4.78, 5) is 2.50. The fourth-order valence-corrected chi connectivity index (χ4v) is 2.52. The van der Waals surface area contributed by atoms with Crippen LogP contribution in [0.2, 0.25) is 5.02 Å². The molecule has 0 bridgehead atoms. The first-order valence-corrected chi connectivity index (χ1v) is 6.21. The molecule has 2 nitrogen and oxygen atoms in total. The van der Waals surface area contributed by atoms with Crippen molar-refractivity contribution in [2.24, 2.45) is 0 Å². The lowest BCUT2D eigenvalue weighted by atomic mass is 10.1. The summed E-state index contributed by atoms with van der Waals surface area (Å²) in [6.45, 7) is 5.51. The lowest BCUT2D eigenvalue weighted by Gasteiger charge is -2.17. The molecule has 3 heteroatoms. The van der Waals surface area contributed by atoms with Crippen LogP contribution in [0.1, 0.15) is 17.5 Å². The van der Waals surface area contributed by atoms with Crippen LogP contribution in [0, 0.1) is 6.92 Å². The maximum absolute atomic E-state index is 5.96. The molecule has 1 aromatic carbocycles. The summed E-state index contributed by atoms with van der Waals surface area (Å²) in [5.41, 5.74) is 2.68. The van der Waals surface area contributed by atoms with Gasteiger partial charge in [0.1, 0.15) is 0 Å². The molecule has 1 saturated heterocycles. The number of halogens is 1. The quantitative estimate of drug-likeness (QED) is 0.870. The molecule has 1 unspecified atom stereocenters. The van der Waals surface area contributed by atoms with Crippen molar-refractivity contribution in [2.45, 2.75) is 25.9 Å². The predicted molar refractivity (Wildman–Crippen MR) is 68.9 cm³/mol. The first-order valence-electron chi connectivity index (χ1n) is 5.83. The van der Waals surface area contributed by atoms with Crippen LogP contribution in [0.5, 0.6) is 0 Å². The monoisotopic (exact) mass is 238 g/mol. The smallest absolute Gasteiger partial charge is 0.0408 e. The maximum atomic E-state index is 5.96. The molecule has 1 N–H and O–H groups in total. The van der Waals surface area contributed by atoms with E-state index in [4.69, 9.17) is 11.6 Å². The van der Waals surface area contributed by atoms with Gasteiger partial charge in [-0.25, -0.2) is 0 Å². The summed E-state index contributed by atoms with van der Waals surface area (Å²) in [7, 11) is 2.04. The summed E-state index contributed by atoms with van der Waals surface area (Å²) in [6.07, 6.45) is 1.25. The lowest BCUT2D eigenvalue weighted by molar-refractivity contribution is 0.322. The van der Waals surface area contributed by atoms with Crippen molar-refractivity contribution in [1.29, 1.82) is 0 Å². The molecule has 0 saturated carbocycles. The van der Waals surface area contributed by atoms with E-state index in [0.29, 0.717) is 6.04 Å². The number of benzene rings is 1. The third-order valence-electron chi connectivity index (χ3n) is 3.38. The van der Waals surface area contributed by atoms with E-state index >= 15 is 0 Å². The number of nitrogens with one attached hydrogen (secondary N) is 1. The molecule has 0 aromatic heterocycles. The molecule has 0 radical (unpaired) electrons. The highest BCUT2D eigenvalue weighted by Gasteiger charge is 2.20. The Kier molecular flexibility index (Phi) is 3.85. The Morgan fingerprint density at radius 1 is 1.50 bits per heavy atom. The van der Waals surface area contributed by atoms with Crippen molar-refractivity contribution >= 4 is 11.6 Å². The molecule has 0 amide bonds. The van der Waals surface area contributed by atoms with Gasteiger partial charge >= 0.3 is 0 Å². The Morgan fingerprint density at radius 2 is 2.31 bits per heavy atom. The summed E-state index contributed by atoms with van der Waals surface area (Å²) >= 11 is 5.96. The minimum Gasteiger partial charge on any atom is -0.316 e. The average molecular weight is 239 g/mol. The van der Waals surface area contributed by atoms with Gasteiger partial charge in [-0.3, -0.25) is 4.90 Å². The largest absolute Gasteiger partial charge is 0.316 e. The molecule has 2 rings (SSSR count). The number of rotatable bonds is 3. The van der Waals surface area contributed by atoms with Crippen LogP contribution in [0.3, 0.4) is 0 Å². The van der Waals surface area contributed by atoms with Crippen LogP contribution in [0.25, 0.3) is 0 Å². The average Bonchev–Trinajstić information content (AvgIpc) is 2.70. The van der Waals surface area contributed by atoms with Crippen molar-refractivity contribution in [3.8, 4) is 0 Å². The van der Waals surface area contributed by atoms with Crippen molar-refractivity contribution in [3.05, 3.63) is 34.3 Å². The Morgan fingerprint density at radius 3 is 2.94 bits per heavy atom. The number of hydrogen-bond donors (Lipinski definition) is 1. The molecule has 1 aliphatic heterocycles. The minimum absolute atomic E-state index is 0.660. The normalized spacial score (nSPS) is 21.6. The van der Waals surface area contributed by atoms with E-state index in [2.05, 4.69) is 23.2 Å². The van der Waals surface area contributed by atoms with Gasteiger partial charge in [-0.2, -0.15) is 0 Å². The van der Waals surface area contributed by atoms with Gasteiger partial charge in [-0.05, 0) is 43.7 Å². The Bertz CT molecular complexity index is 365. The molecular weight excluding hydrogens is 220 g/mol. The Hall–Kier alpha value is -0.570. The van der Waals surface area contributed by atoms with Crippen molar-refractivity contribution in [3.63, 3.8) is 0 Å². The number of aryl methyl sites for hydroxylation is 1. The van der Waals surface area contributed by atoms with Gasteiger partial charge < -0.3 is 5.32 Å². The predicted octanol–water partition coefficient (Wildman–Crippen LogP) is 2.44. The van der Waals surface area contributed by atoms with Crippen molar-refractivity contribution in [1.82, 2.24) is 10.2 Å². The molecule has 16 heavy (non-hydrogen) atoms. The van der Waals surface area contributed by atoms with Gasteiger partial charge in [0.05, 0.1) is 0 Å². The van der Waals surface area contributed by atoms with E-state index in [0.717, 1.165) is 18.1 Å². The second-order valence-corrected chi connectivity index (χ2v) is 5.02. The number of hydrogen-bond acceptors (Lipinski definition) is 2. The standard InChI is InChI=1S/C13H19ClN2/c1-10-7-12(14)4-3-11(10)8-16-6-5-13(9-16)15-2/h3-4,7,13,15H,5-6,8-9H2,1-2H3. The summed E-state index contributed by atoms with van der Waals surface area (Å²) in [5.74, 6) is 0. The van der Waals surface area contributed by atoms with E-state index < -0.39 is 0 Å². The lowest BCUT2D eigenvalue weighted by Crippen LogP contribution is -2.29. The highest BCUT2D eigenvalue weighted by atomic mass is 35.5. The third-order valence-corrected chi connectivity index (χ3v) is 3.61. The van der Waals surface area contributed by atoms with Crippen LogP contribution in [0.4, 0.5) is 0 Å². The molecule has 1 aromatic rings. The molecule has 0 spiro atoms. The zero-order chi connectivity index (χ0) is 11.5. The molecule has 1 fully saturated rings. The van der Waals surface area contributed by atoms with Crippen LogP contribution in [-0.4, -0.2) is 31.1 Å². The second kappa shape index (κ2) is 5.17. The summed E-state index contributed by atoms with van der Waals surface area (Å²) < 4.78 is 0. The van der Waals surface area contributed by atoms with Crippen LogP contribution in [0.15, 0.2) is 18.2 Å². The van der Waals surface area contributed by atoms with Gasteiger partial charge in [-0.1, -0.05) is 17.7 Å². The first-order chi connectivity index (χ1) is 7.69. The molecular formula is C13H19ClN2. The van der Waals surface area contributed by atoms with Crippen molar-refractivity contribution in [2.75, 3.05) is 20.1 Å². The highest BCUT2D eigenvalue weighted by molar-refractivity contribution is 6.30. The van der Waals surface area contributed by atoms with Crippen LogP contribution < -0.4 is 5.32 Å². The van der Waals surface area contributed by atoms with E-state index in [1.54, 1.807) is 0 Å². The molecule has 88 valence electrons. The van der Waals surface area contributed by atoms with E-state index in [9.17, 15) is 0 Å². The summed E-state index contributed by atoms with van der Waals surface area (Å²) in [6, 6.07) is 6.83. The van der Waals surface area contributed by atoms with Gasteiger partial charge in [0.25, 0.3) is 0 Å². The van der Waals surface area contributed by atoms with E-state index in [1.165, 1.54) is 24.1 Å². The second-order valence-electron chi connectivity index (χ2n) is 4.58. The third kappa shape index (κ3) is 2.76.